The Bertz CT molecular complexity index is 792. The number of benzene rings is 2. The fourth-order valence-corrected chi connectivity index (χ4v) is 3.34. The number of rotatable bonds is 3. The minimum Gasteiger partial charge on any atom is -0.465 e. The first-order valence-electron chi connectivity index (χ1n) is 6.86. The van der Waals surface area contributed by atoms with Gasteiger partial charge in [-0.15, -0.1) is 0 Å². The fourth-order valence-electron chi connectivity index (χ4n) is 2.32. The lowest BCUT2D eigenvalue weighted by Gasteiger charge is -2.28. The molecule has 6 heteroatoms. The van der Waals surface area contributed by atoms with E-state index in [0.717, 1.165) is 16.6 Å². The molecule has 2 aromatic carbocycles. The van der Waals surface area contributed by atoms with E-state index in [1.807, 2.05) is 24.3 Å². The normalized spacial score (nSPS) is 13.3. The zero-order valence-electron chi connectivity index (χ0n) is 12.3. The maximum Gasteiger partial charge on any atom is 0.346 e. The second kappa shape index (κ2) is 6.42. The summed E-state index contributed by atoms with van der Waals surface area (Å²) in [6.45, 7) is 0.113. The van der Waals surface area contributed by atoms with Gasteiger partial charge in [-0.2, -0.15) is 0 Å². The van der Waals surface area contributed by atoms with E-state index in [2.05, 4.69) is 0 Å². The number of anilines is 1. The third kappa shape index (κ3) is 3.07. The number of esters is 1. The second-order valence-corrected chi connectivity index (χ2v) is 5.98. The van der Waals surface area contributed by atoms with Crippen LogP contribution in [0.3, 0.4) is 0 Å². The van der Waals surface area contributed by atoms with Crippen LogP contribution in [-0.2, 0) is 16.1 Å². The third-order valence-corrected chi connectivity index (χ3v) is 4.48. The van der Waals surface area contributed by atoms with Gasteiger partial charge in [-0.3, -0.25) is 0 Å². The zero-order chi connectivity index (χ0) is 16.4. The summed E-state index contributed by atoms with van der Waals surface area (Å²) in [7, 11) is 1.31. The van der Waals surface area contributed by atoms with Crippen molar-refractivity contribution in [1.82, 2.24) is 0 Å². The van der Waals surface area contributed by atoms with E-state index in [0.29, 0.717) is 4.91 Å². The Balaban J connectivity index is 2.00. The minimum atomic E-state index is -0.889. The van der Waals surface area contributed by atoms with Crippen molar-refractivity contribution in [3.05, 3.63) is 70.8 Å². The monoisotopic (exact) mass is 333 g/mol. The molecule has 0 spiro atoms. The molecule has 0 unspecified atom stereocenters. The molecular formula is C17H13F2NO2S. The maximum atomic E-state index is 13.9. The van der Waals surface area contributed by atoms with Crippen LogP contribution < -0.4 is 4.90 Å². The molecule has 0 fully saturated rings. The molecule has 0 atom stereocenters. The van der Waals surface area contributed by atoms with Crippen molar-refractivity contribution in [1.29, 1.82) is 0 Å². The molecule has 0 aromatic heterocycles. The van der Waals surface area contributed by atoms with Crippen molar-refractivity contribution in [3.63, 3.8) is 0 Å². The molecule has 3 rings (SSSR count). The molecule has 0 N–H and O–H groups in total. The van der Waals surface area contributed by atoms with Gasteiger partial charge < -0.3 is 9.64 Å². The number of hydrogen-bond donors (Lipinski definition) is 0. The molecule has 0 amide bonds. The molecule has 0 aliphatic carbocycles. The number of carbonyl (C=O) groups excluding carboxylic acids is 1. The smallest absolute Gasteiger partial charge is 0.346 e. The van der Waals surface area contributed by atoms with Crippen LogP contribution in [0.15, 0.2) is 58.5 Å². The van der Waals surface area contributed by atoms with Crippen molar-refractivity contribution in [2.45, 2.75) is 11.4 Å². The fraction of sp³-hybridized carbons (Fsp3) is 0.118. The number of nitrogens with zero attached hydrogens (tertiary/aromatic N) is 1. The van der Waals surface area contributed by atoms with Gasteiger partial charge in [0.15, 0.2) is 11.6 Å². The summed E-state index contributed by atoms with van der Waals surface area (Å²) in [5.41, 5.74) is 1.04. The Morgan fingerprint density at radius 2 is 1.96 bits per heavy atom. The zero-order valence-corrected chi connectivity index (χ0v) is 13.1. The number of halogens is 2. The molecule has 2 aromatic rings. The van der Waals surface area contributed by atoms with E-state index >= 15 is 0 Å². The number of hydrogen-bond acceptors (Lipinski definition) is 4. The standard InChI is InChI=1S/C17H13F2NO2S/c1-22-17(21)15-10-20(13-7-2-3-8-14(13)23-15)9-11-5-4-6-12(18)16(11)19/h2-8,10H,9H2,1H3. The maximum absolute atomic E-state index is 13.9. The van der Waals surface area contributed by atoms with Crippen molar-refractivity contribution < 1.29 is 18.3 Å². The molecule has 23 heavy (non-hydrogen) atoms. The van der Waals surface area contributed by atoms with Crippen LogP contribution in [0.25, 0.3) is 0 Å². The van der Waals surface area contributed by atoms with Gasteiger partial charge in [0, 0.05) is 16.7 Å². The minimum absolute atomic E-state index is 0.113. The quantitative estimate of drug-likeness (QED) is 0.791. The lowest BCUT2D eigenvalue weighted by molar-refractivity contribution is -0.135. The SMILES string of the molecule is COC(=O)C1=CN(Cc2cccc(F)c2F)c2ccccc2S1. The predicted octanol–water partition coefficient (Wildman–Crippen LogP) is 4.09. The van der Waals surface area contributed by atoms with Crippen LogP contribution in [0.2, 0.25) is 0 Å². The Labute approximate surface area is 136 Å². The molecular weight excluding hydrogens is 320 g/mol. The van der Waals surface area contributed by atoms with Gasteiger partial charge in [-0.25, -0.2) is 13.6 Å². The molecule has 0 radical (unpaired) electrons. The summed E-state index contributed by atoms with van der Waals surface area (Å²) in [6.07, 6.45) is 1.60. The Morgan fingerprint density at radius 1 is 1.17 bits per heavy atom. The summed E-state index contributed by atoms with van der Waals surface area (Å²) in [5, 5.41) is 0. The third-order valence-electron chi connectivity index (χ3n) is 3.43. The summed E-state index contributed by atoms with van der Waals surface area (Å²) >= 11 is 1.29. The van der Waals surface area contributed by atoms with Gasteiger partial charge in [0.1, 0.15) is 4.91 Å². The van der Waals surface area contributed by atoms with E-state index in [1.165, 1.54) is 31.0 Å². The average molecular weight is 333 g/mol. The summed E-state index contributed by atoms with van der Waals surface area (Å²) < 4.78 is 32.1. The van der Waals surface area contributed by atoms with Gasteiger partial charge >= 0.3 is 5.97 Å². The largest absolute Gasteiger partial charge is 0.465 e. The highest BCUT2D eigenvalue weighted by Gasteiger charge is 2.23. The summed E-state index contributed by atoms with van der Waals surface area (Å²) in [5.74, 6) is -2.23. The first-order valence-corrected chi connectivity index (χ1v) is 7.68. The average Bonchev–Trinajstić information content (AvgIpc) is 2.58. The molecule has 1 aliphatic rings. The van der Waals surface area contributed by atoms with Crippen LogP contribution in [0, 0.1) is 11.6 Å². The topological polar surface area (TPSA) is 29.5 Å². The molecule has 0 saturated carbocycles. The van der Waals surface area contributed by atoms with Crippen molar-refractivity contribution in [2.24, 2.45) is 0 Å². The van der Waals surface area contributed by atoms with E-state index in [1.54, 1.807) is 11.1 Å². The molecule has 118 valence electrons. The van der Waals surface area contributed by atoms with Crippen LogP contribution in [0.1, 0.15) is 5.56 Å². The number of fused-ring (bicyclic) bond motifs is 1. The van der Waals surface area contributed by atoms with Gasteiger partial charge in [0.2, 0.25) is 0 Å². The highest BCUT2D eigenvalue weighted by Crippen LogP contribution is 2.41. The van der Waals surface area contributed by atoms with E-state index < -0.39 is 17.6 Å². The lowest BCUT2D eigenvalue weighted by atomic mass is 10.1. The van der Waals surface area contributed by atoms with Gasteiger partial charge in [-0.1, -0.05) is 36.0 Å². The number of methoxy groups -OCH3 is 1. The van der Waals surface area contributed by atoms with E-state index in [9.17, 15) is 13.6 Å². The highest BCUT2D eigenvalue weighted by atomic mass is 32.2. The highest BCUT2D eigenvalue weighted by molar-refractivity contribution is 8.04. The Morgan fingerprint density at radius 3 is 2.74 bits per heavy atom. The van der Waals surface area contributed by atoms with Crippen LogP contribution >= 0.6 is 11.8 Å². The number of carbonyl (C=O) groups is 1. The Kier molecular flexibility index (Phi) is 4.34. The van der Waals surface area contributed by atoms with E-state index in [4.69, 9.17) is 4.74 Å². The van der Waals surface area contributed by atoms with Gasteiger partial charge in [-0.05, 0) is 18.2 Å². The molecule has 1 heterocycles. The van der Waals surface area contributed by atoms with Gasteiger partial charge in [0.25, 0.3) is 0 Å². The van der Waals surface area contributed by atoms with E-state index in [-0.39, 0.29) is 12.1 Å². The molecule has 0 bridgehead atoms. The number of para-hydroxylation sites is 1. The number of thioether (sulfide) groups is 1. The Hall–Kier alpha value is -2.34. The van der Waals surface area contributed by atoms with Crippen LogP contribution in [0.5, 0.6) is 0 Å². The predicted molar refractivity (Wildman–Crippen MR) is 84.9 cm³/mol. The molecule has 3 nitrogen and oxygen atoms in total. The van der Waals surface area contributed by atoms with Crippen molar-refractivity contribution >= 4 is 23.4 Å². The van der Waals surface area contributed by atoms with Gasteiger partial charge in [0.05, 0.1) is 19.3 Å². The van der Waals surface area contributed by atoms with Crippen LogP contribution in [-0.4, -0.2) is 13.1 Å². The van der Waals surface area contributed by atoms with Crippen molar-refractivity contribution in [3.8, 4) is 0 Å². The molecule has 1 aliphatic heterocycles. The lowest BCUT2D eigenvalue weighted by Crippen LogP contribution is -2.22. The first-order chi connectivity index (χ1) is 11.1. The number of ether oxygens (including phenoxy) is 1. The van der Waals surface area contributed by atoms with Crippen LogP contribution in [0.4, 0.5) is 14.5 Å². The summed E-state index contributed by atoms with van der Waals surface area (Å²) in [4.78, 5) is 14.8. The molecule has 0 saturated heterocycles. The second-order valence-electron chi connectivity index (χ2n) is 4.90. The first kappa shape index (κ1) is 15.6. The summed E-state index contributed by atoms with van der Waals surface area (Å²) in [6, 6.07) is 11.5. The van der Waals surface area contributed by atoms with Crippen molar-refractivity contribution in [2.75, 3.05) is 12.0 Å².